The Morgan fingerprint density at radius 1 is 1.40 bits per heavy atom. The predicted molar refractivity (Wildman–Crippen MR) is 75.1 cm³/mol. The van der Waals surface area contributed by atoms with Gasteiger partial charge in [-0.1, -0.05) is 13.8 Å². The number of nitrogens with one attached hydrogen (secondary N) is 2. The number of hydrogen-bond donors (Lipinski definition) is 3. The van der Waals surface area contributed by atoms with E-state index in [1.54, 1.807) is 17.9 Å². The Balaban J connectivity index is 2.23. The Morgan fingerprint density at radius 3 is 2.80 bits per heavy atom. The fraction of sp³-hybridized carbons (Fsp3) is 0.333. The van der Waals surface area contributed by atoms with Crippen LogP contribution in [0.25, 0.3) is 0 Å². The summed E-state index contributed by atoms with van der Waals surface area (Å²) in [5.41, 5.74) is 4.02. The number of hydrogen-bond acceptors (Lipinski definition) is 6. The van der Waals surface area contributed by atoms with Gasteiger partial charge in [0.1, 0.15) is 5.69 Å². The molecule has 8 heteroatoms. The number of hydrazine groups is 1. The molecule has 0 aliphatic carbocycles. The molecule has 2 aromatic heterocycles. The lowest BCUT2D eigenvalue weighted by Crippen LogP contribution is -2.17. The first-order valence-electron chi connectivity index (χ1n) is 6.14. The molecule has 0 aliphatic heterocycles. The van der Waals surface area contributed by atoms with Crippen molar-refractivity contribution in [3.63, 3.8) is 0 Å². The van der Waals surface area contributed by atoms with Gasteiger partial charge in [-0.25, -0.2) is 10.8 Å². The number of carbonyl (C=O) groups excluding carboxylic acids is 1. The summed E-state index contributed by atoms with van der Waals surface area (Å²) in [7, 11) is 1.81. The smallest absolute Gasteiger partial charge is 0.276 e. The summed E-state index contributed by atoms with van der Waals surface area (Å²) in [6.45, 7) is 4.02. The molecule has 0 bridgehead atoms. The Hall–Kier alpha value is -2.48. The van der Waals surface area contributed by atoms with Crippen molar-refractivity contribution in [1.82, 2.24) is 19.7 Å². The normalized spacial score (nSPS) is 10.7. The third-order valence-electron chi connectivity index (χ3n) is 2.67. The lowest BCUT2D eigenvalue weighted by Gasteiger charge is -2.07. The molecule has 0 saturated heterocycles. The molecular formula is C12H17N7O. The number of aromatic nitrogens is 4. The minimum atomic E-state index is -0.357. The molecule has 0 radical (unpaired) electrons. The number of nitrogens with zero attached hydrogens (tertiary/aromatic N) is 4. The van der Waals surface area contributed by atoms with E-state index in [0.29, 0.717) is 11.5 Å². The lowest BCUT2D eigenvalue weighted by molar-refractivity contribution is 0.102. The van der Waals surface area contributed by atoms with E-state index in [1.165, 1.54) is 12.4 Å². The maximum Gasteiger partial charge on any atom is 0.276 e. The van der Waals surface area contributed by atoms with E-state index in [4.69, 9.17) is 5.84 Å². The van der Waals surface area contributed by atoms with E-state index < -0.39 is 0 Å². The second-order valence-corrected chi connectivity index (χ2v) is 4.64. The summed E-state index contributed by atoms with van der Waals surface area (Å²) in [6, 6.07) is 0. The number of nitrogen functional groups attached to an aromatic ring is 1. The van der Waals surface area contributed by atoms with Crippen molar-refractivity contribution in [2.45, 2.75) is 19.8 Å². The minimum absolute atomic E-state index is 0.180. The Labute approximate surface area is 116 Å². The first-order chi connectivity index (χ1) is 9.51. The third-order valence-corrected chi connectivity index (χ3v) is 2.67. The van der Waals surface area contributed by atoms with Crippen LogP contribution in [0, 0.1) is 0 Å². The summed E-state index contributed by atoms with van der Waals surface area (Å²) < 4.78 is 1.66. The largest absolute Gasteiger partial charge is 0.318 e. The summed E-state index contributed by atoms with van der Waals surface area (Å²) in [5.74, 6) is 5.41. The average Bonchev–Trinajstić information content (AvgIpc) is 2.80. The van der Waals surface area contributed by atoms with Crippen molar-refractivity contribution < 1.29 is 4.79 Å². The number of carbonyl (C=O) groups is 1. The summed E-state index contributed by atoms with van der Waals surface area (Å²) in [5, 5.41) is 7.11. The highest BCUT2D eigenvalue weighted by atomic mass is 16.1. The molecule has 0 saturated carbocycles. The van der Waals surface area contributed by atoms with Gasteiger partial charge in [-0.15, -0.1) is 0 Å². The van der Waals surface area contributed by atoms with Crippen LogP contribution >= 0.6 is 0 Å². The number of anilines is 2. The second kappa shape index (κ2) is 5.66. The number of amides is 1. The first kappa shape index (κ1) is 13.9. The van der Waals surface area contributed by atoms with Crippen molar-refractivity contribution in [3.8, 4) is 0 Å². The molecule has 0 aliphatic rings. The zero-order valence-electron chi connectivity index (χ0n) is 11.6. The zero-order valence-corrected chi connectivity index (χ0v) is 11.6. The van der Waals surface area contributed by atoms with Crippen LogP contribution in [-0.2, 0) is 7.05 Å². The predicted octanol–water partition coefficient (Wildman–Crippen LogP) is 0.871. The average molecular weight is 275 g/mol. The van der Waals surface area contributed by atoms with Crippen LogP contribution in [0.4, 0.5) is 11.5 Å². The van der Waals surface area contributed by atoms with Crippen LogP contribution in [0.2, 0.25) is 0 Å². The highest BCUT2D eigenvalue weighted by Gasteiger charge is 2.16. The Kier molecular flexibility index (Phi) is 3.94. The molecule has 2 rings (SSSR count). The molecule has 2 aromatic rings. The van der Waals surface area contributed by atoms with E-state index in [9.17, 15) is 4.79 Å². The number of rotatable bonds is 4. The van der Waals surface area contributed by atoms with Crippen molar-refractivity contribution in [2.24, 2.45) is 12.9 Å². The van der Waals surface area contributed by atoms with Crippen LogP contribution in [0.5, 0.6) is 0 Å². The number of nitrogens with two attached hydrogens (primary N) is 1. The highest BCUT2D eigenvalue weighted by molar-refractivity contribution is 6.03. The monoisotopic (exact) mass is 275 g/mol. The number of aryl methyl sites for hydroxylation is 1. The molecule has 2 heterocycles. The van der Waals surface area contributed by atoms with Crippen LogP contribution in [0.15, 0.2) is 18.6 Å². The van der Waals surface area contributed by atoms with Gasteiger partial charge in [0.25, 0.3) is 5.91 Å². The van der Waals surface area contributed by atoms with Gasteiger partial charge in [0.15, 0.2) is 5.82 Å². The molecule has 0 atom stereocenters. The first-order valence-corrected chi connectivity index (χ1v) is 6.14. The lowest BCUT2D eigenvalue weighted by atomic mass is 10.1. The SMILES string of the molecule is CC(C)c1nn(C)cc1NC(=O)c1cncc(NN)n1. The van der Waals surface area contributed by atoms with Crippen molar-refractivity contribution in [1.29, 1.82) is 0 Å². The second-order valence-electron chi connectivity index (χ2n) is 4.64. The maximum absolute atomic E-state index is 12.1. The highest BCUT2D eigenvalue weighted by Crippen LogP contribution is 2.22. The van der Waals surface area contributed by atoms with Gasteiger partial charge in [0.2, 0.25) is 0 Å². The molecule has 0 fully saturated rings. The van der Waals surface area contributed by atoms with Gasteiger partial charge in [0, 0.05) is 13.2 Å². The van der Waals surface area contributed by atoms with Crippen molar-refractivity contribution in [3.05, 3.63) is 30.0 Å². The third kappa shape index (κ3) is 2.91. The standard InChI is InChI=1S/C12H17N7O/c1-7(2)11-9(6-19(3)18-11)16-12(20)8-4-14-5-10(15-8)17-13/h4-7H,13H2,1-3H3,(H,15,17)(H,16,20). The molecule has 0 spiro atoms. The van der Waals surface area contributed by atoms with Crippen LogP contribution in [0.1, 0.15) is 35.9 Å². The molecule has 0 unspecified atom stereocenters. The van der Waals surface area contributed by atoms with Crippen LogP contribution in [0.3, 0.4) is 0 Å². The topological polar surface area (TPSA) is 111 Å². The van der Waals surface area contributed by atoms with Crippen LogP contribution < -0.4 is 16.6 Å². The fourth-order valence-electron chi connectivity index (χ4n) is 1.76. The van der Waals surface area contributed by atoms with Gasteiger partial charge >= 0.3 is 0 Å². The fourth-order valence-corrected chi connectivity index (χ4v) is 1.76. The molecule has 0 aromatic carbocycles. The summed E-state index contributed by atoms with van der Waals surface area (Å²) in [4.78, 5) is 20.1. The molecule has 106 valence electrons. The van der Waals surface area contributed by atoms with Gasteiger partial charge in [0.05, 0.1) is 23.8 Å². The van der Waals surface area contributed by atoms with E-state index in [0.717, 1.165) is 5.69 Å². The minimum Gasteiger partial charge on any atom is -0.318 e. The summed E-state index contributed by atoms with van der Waals surface area (Å²) >= 11 is 0. The van der Waals surface area contributed by atoms with E-state index >= 15 is 0 Å². The molecule has 8 nitrogen and oxygen atoms in total. The van der Waals surface area contributed by atoms with E-state index in [1.807, 2.05) is 13.8 Å². The Bertz CT molecular complexity index is 620. The molecule has 1 amide bonds. The van der Waals surface area contributed by atoms with E-state index in [2.05, 4.69) is 25.8 Å². The van der Waals surface area contributed by atoms with Gasteiger partial charge in [-0.05, 0) is 5.92 Å². The van der Waals surface area contributed by atoms with Crippen molar-refractivity contribution >= 4 is 17.4 Å². The van der Waals surface area contributed by atoms with Crippen molar-refractivity contribution in [2.75, 3.05) is 10.7 Å². The molecular weight excluding hydrogens is 258 g/mol. The van der Waals surface area contributed by atoms with Gasteiger partial charge < -0.3 is 10.7 Å². The zero-order chi connectivity index (χ0) is 14.7. The molecule has 4 N–H and O–H groups in total. The van der Waals surface area contributed by atoms with E-state index in [-0.39, 0.29) is 17.5 Å². The van der Waals surface area contributed by atoms with Gasteiger partial charge in [-0.3, -0.25) is 14.5 Å². The quantitative estimate of drug-likeness (QED) is 0.564. The molecule has 20 heavy (non-hydrogen) atoms. The maximum atomic E-state index is 12.1. The van der Waals surface area contributed by atoms with Gasteiger partial charge in [-0.2, -0.15) is 5.10 Å². The van der Waals surface area contributed by atoms with Crippen LogP contribution in [-0.4, -0.2) is 25.7 Å². The Morgan fingerprint density at radius 2 is 2.15 bits per heavy atom. The summed E-state index contributed by atoms with van der Waals surface area (Å²) in [6.07, 6.45) is 4.56.